The highest BCUT2D eigenvalue weighted by Crippen LogP contribution is 2.25. The van der Waals surface area contributed by atoms with Crippen LogP contribution < -0.4 is 5.32 Å². The first-order chi connectivity index (χ1) is 12.9. The lowest BCUT2D eigenvalue weighted by atomic mass is 10.1. The third-order valence-corrected chi connectivity index (χ3v) is 6.96. The van der Waals surface area contributed by atoms with Gasteiger partial charge in [0.05, 0.1) is 4.90 Å². The fourth-order valence-electron chi connectivity index (χ4n) is 3.42. The molecule has 7 heteroatoms. The molecule has 0 atom stereocenters. The first kappa shape index (κ1) is 19.9. The molecule has 6 nitrogen and oxygen atoms in total. The molecule has 3 rings (SSSR count). The van der Waals surface area contributed by atoms with Gasteiger partial charge >= 0.3 is 0 Å². The third-order valence-electron chi connectivity index (χ3n) is 5.07. The van der Waals surface area contributed by atoms with E-state index in [0.717, 1.165) is 30.2 Å². The summed E-state index contributed by atoms with van der Waals surface area (Å²) in [6.45, 7) is 6.77. The lowest BCUT2D eigenvalue weighted by Gasteiger charge is -2.15. The van der Waals surface area contributed by atoms with Crippen molar-refractivity contribution in [1.82, 2.24) is 14.2 Å². The molecule has 1 aromatic heterocycles. The number of carbonyl (C=O) groups excluding carboxylic acids is 1. The van der Waals surface area contributed by atoms with Crippen LogP contribution in [0.15, 0.2) is 35.4 Å². The van der Waals surface area contributed by atoms with E-state index in [4.69, 9.17) is 0 Å². The van der Waals surface area contributed by atoms with Gasteiger partial charge in [-0.05, 0) is 49.4 Å². The third kappa shape index (κ3) is 4.71. The van der Waals surface area contributed by atoms with E-state index in [0.29, 0.717) is 43.4 Å². The number of fused-ring (bicyclic) bond motifs is 1. The summed E-state index contributed by atoms with van der Waals surface area (Å²) in [4.78, 5) is 12.3. The Morgan fingerprint density at radius 2 is 1.93 bits per heavy atom. The van der Waals surface area contributed by atoms with Crippen LogP contribution in [0.4, 0.5) is 0 Å². The Morgan fingerprint density at radius 1 is 1.19 bits per heavy atom. The predicted octanol–water partition coefficient (Wildman–Crippen LogP) is 2.98. The van der Waals surface area contributed by atoms with E-state index < -0.39 is 10.0 Å². The monoisotopic (exact) mass is 391 g/mol. The van der Waals surface area contributed by atoms with Crippen molar-refractivity contribution in [1.29, 1.82) is 0 Å². The number of aryl methyl sites for hydroxylation is 1. The number of hydrogen-bond donors (Lipinski definition) is 1. The molecule has 148 valence electrons. The Morgan fingerprint density at radius 3 is 2.63 bits per heavy atom. The Hall–Kier alpha value is -1.86. The van der Waals surface area contributed by atoms with Crippen molar-refractivity contribution in [3.63, 3.8) is 0 Å². The number of benzene rings is 1. The lowest BCUT2D eigenvalue weighted by molar-refractivity contribution is -0.121. The highest BCUT2D eigenvalue weighted by molar-refractivity contribution is 7.89. The molecule has 1 saturated heterocycles. The van der Waals surface area contributed by atoms with Crippen LogP contribution in [0.2, 0.25) is 0 Å². The molecule has 0 saturated carbocycles. The summed E-state index contributed by atoms with van der Waals surface area (Å²) < 4.78 is 29.0. The molecule has 0 spiro atoms. The lowest BCUT2D eigenvalue weighted by Crippen LogP contribution is -2.27. The van der Waals surface area contributed by atoms with Gasteiger partial charge in [-0.15, -0.1) is 0 Å². The van der Waals surface area contributed by atoms with Gasteiger partial charge in [0.2, 0.25) is 15.9 Å². The van der Waals surface area contributed by atoms with Crippen molar-refractivity contribution in [3.8, 4) is 0 Å². The summed E-state index contributed by atoms with van der Waals surface area (Å²) in [5, 5.41) is 3.83. The average Bonchev–Trinajstić information content (AvgIpc) is 3.29. The summed E-state index contributed by atoms with van der Waals surface area (Å²) in [6, 6.07) is 7.17. The summed E-state index contributed by atoms with van der Waals surface area (Å²) in [5.74, 6) is 0.621. The quantitative estimate of drug-likeness (QED) is 0.752. The standard InChI is InChI=1S/C20H29N3O3S/c1-16(2)7-10-21-20(24)9-14-22-13-8-17-15-18(5-6-19(17)22)27(25,26)23-11-3-4-12-23/h5-6,8,13,15-16H,3-4,7,9-12,14H2,1-2H3,(H,21,24). The highest BCUT2D eigenvalue weighted by Gasteiger charge is 2.27. The molecule has 1 fully saturated rings. The second-order valence-electron chi connectivity index (χ2n) is 7.62. The van der Waals surface area contributed by atoms with E-state index in [2.05, 4.69) is 19.2 Å². The minimum atomic E-state index is -3.40. The Balaban J connectivity index is 1.66. The fraction of sp³-hybridized carbons (Fsp3) is 0.550. The predicted molar refractivity (Wildman–Crippen MR) is 107 cm³/mol. The second kappa shape index (κ2) is 8.44. The molecule has 27 heavy (non-hydrogen) atoms. The second-order valence-corrected chi connectivity index (χ2v) is 9.56. The maximum atomic E-state index is 12.7. The molecule has 1 aromatic carbocycles. The normalized spacial score (nSPS) is 15.7. The summed E-state index contributed by atoms with van der Waals surface area (Å²) >= 11 is 0. The average molecular weight is 392 g/mol. The number of nitrogens with one attached hydrogen (secondary N) is 1. The first-order valence-corrected chi connectivity index (χ1v) is 11.2. The van der Waals surface area contributed by atoms with Crippen LogP contribution in [-0.4, -0.2) is 42.8 Å². The number of carbonyl (C=O) groups is 1. The summed E-state index contributed by atoms with van der Waals surface area (Å²) in [5.41, 5.74) is 0.949. The van der Waals surface area contributed by atoms with Crippen molar-refractivity contribution in [2.75, 3.05) is 19.6 Å². The summed E-state index contributed by atoms with van der Waals surface area (Å²) in [7, 11) is -3.40. The fourth-order valence-corrected chi connectivity index (χ4v) is 4.97. The van der Waals surface area contributed by atoms with E-state index in [9.17, 15) is 13.2 Å². The zero-order valence-corrected chi connectivity index (χ0v) is 17.0. The molecule has 0 unspecified atom stereocenters. The van der Waals surface area contributed by atoms with Crippen LogP contribution in [0.1, 0.15) is 39.5 Å². The van der Waals surface area contributed by atoms with Crippen molar-refractivity contribution in [2.24, 2.45) is 5.92 Å². The van der Waals surface area contributed by atoms with E-state index in [1.807, 2.05) is 22.9 Å². The van der Waals surface area contributed by atoms with Crippen LogP contribution in [0.5, 0.6) is 0 Å². The number of aromatic nitrogens is 1. The van der Waals surface area contributed by atoms with E-state index in [-0.39, 0.29) is 5.91 Å². The molecular weight excluding hydrogens is 362 g/mol. The van der Waals surface area contributed by atoms with Gasteiger partial charge in [-0.2, -0.15) is 4.31 Å². The molecular formula is C20H29N3O3S. The Labute approximate surface area is 161 Å². The SMILES string of the molecule is CC(C)CCNC(=O)CCn1ccc2cc(S(=O)(=O)N3CCCC3)ccc21. The van der Waals surface area contributed by atoms with Gasteiger partial charge in [0, 0.05) is 49.7 Å². The Bertz CT molecular complexity index is 896. The van der Waals surface area contributed by atoms with Gasteiger partial charge in [0.1, 0.15) is 0 Å². The first-order valence-electron chi connectivity index (χ1n) is 9.73. The largest absolute Gasteiger partial charge is 0.356 e. The van der Waals surface area contributed by atoms with Crippen molar-refractivity contribution in [3.05, 3.63) is 30.5 Å². The molecule has 0 aliphatic carbocycles. The molecule has 0 bridgehead atoms. The van der Waals surface area contributed by atoms with Crippen molar-refractivity contribution in [2.45, 2.75) is 51.0 Å². The van der Waals surface area contributed by atoms with Gasteiger partial charge < -0.3 is 9.88 Å². The topological polar surface area (TPSA) is 71.4 Å². The Kier molecular flexibility index (Phi) is 6.22. The van der Waals surface area contributed by atoms with Gasteiger partial charge in [0.15, 0.2) is 0 Å². The number of hydrogen-bond acceptors (Lipinski definition) is 3. The van der Waals surface area contributed by atoms with Gasteiger partial charge in [-0.25, -0.2) is 8.42 Å². The van der Waals surface area contributed by atoms with Crippen LogP contribution >= 0.6 is 0 Å². The van der Waals surface area contributed by atoms with E-state index >= 15 is 0 Å². The minimum absolute atomic E-state index is 0.0470. The zero-order valence-electron chi connectivity index (χ0n) is 16.1. The number of amides is 1. The maximum Gasteiger partial charge on any atom is 0.243 e. The van der Waals surface area contributed by atoms with Crippen LogP contribution in [0.25, 0.3) is 10.9 Å². The maximum absolute atomic E-state index is 12.7. The molecule has 2 heterocycles. The number of rotatable bonds is 8. The smallest absolute Gasteiger partial charge is 0.243 e. The van der Waals surface area contributed by atoms with Crippen LogP contribution in [-0.2, 0) is 21.4 Å². The molecule has 1 aliphatic rings. The van der Waals surface area contributed by atoms with Crippen molar-refractivity contribution >= 4 is 26.8 Å². The molecule has 2 aromatic rings. The molecule has 1 aliphatic heterocycles. The van der Waals surface area contributed by atoms with Crippen LogP contribution in [0.3, 0.4) is 0 Å². The number of sulfonamides is 1. The molecule has 0 radical (unpaired) electrons. The highest BCUT2D eigenvalue weighted by atomic mass is 32.2. The van der Waals surface area contributed by atoms with Gasteiger partial charge in [-0.3, -0.25) is 4.79 Å². The molecule has 1 N–H and O–H groups in total. The number of nitrogens with zero attached hydrogens (tertiary/aromatic N) is 2. The summed E-state index contributed by atoms with van der Waals surface area (Å²) in [6.07, 6.45) is 5.16. The van der Waals surface area contributed by atoms with Gasteiger partial charge in [-0.1, -0.05) is 13.8 Å². The van der Waals surface area contributed by atoms with E-state index in [1.165, 1.54) is 0 Å². The zero-order chi connectivity index (χ0) is 19.4. The molecule has 1 amide bonds. The van der Waals surface area contributed by atoms with Crippen LogP contribution in [0, 0.1) is 5.92 Å². The minimum Gasteiger partial charge on any atom is -0.356 e. The van der Waals surface area contributed by atoms with Crippen molar-refractivity contribution < 1.29 is 13.2 Å². The van der Waals surface area contributed by atoms with Gasteiger partial charge in [0.25, 0.3) is 0 Å². The van der Waals surface area contributed by atoms with E-state index in [1.54, 1.807) is 16.4 Å².